The van der Waals surface area contributed by atoms with E-state index in [2.05, 4.69) is 25.7 Å². The summed E-state index contributed by atoms with van der Waals surface area (Å²) < 4.78 is 29.9. The first-order chi connectivity index (χ1) is 18.8. The van der Waals surface area contributed by atoms with Gasteiger partial charge in [-0.05, 0) is 48.5 Å². The van der Waals surface area contributed by atoms with Gasteiger partial charge >= 0.3 is 0 Å². The van der Waals surface area contributed by atoms with Gasteiger partial charge in [0.15, 0.2) is 17.1 Å². The second-order valence-corrected chi connectivity index (χ2v) is 8.62. The lowest BCUT2D eigenvalue weighted by Crippen LogP contribution is -2.42. The van der Waals surface area contributed by atoms with Crippen LogP contribution in [0.5, 0.6) is 17.2 Å². The van der Waals surface area contributed by atoms with Crippen molar-refractivity contribution < 1.29 is 33.6 Å². The van der Waals surface area contributed by atoms with Crippen molar-refractivity contribution in [3.8, 4) is 28.5 Å². The number of amides is 1. The minimum absolute atomic E-state index is 0.0631. The number of aliphatic hydroxyl groups excluding tert-OH is 1. The van der Waals surface area contributed by atoms with Crippen LogP contribution in [0.1, 0.15) is 21.7 Å². The number of carbonyl (C=O) groups excluding carboxylic acids is 1. The Balaban J connectivity index is 1.67. The summed E-state index contributed by atoms with van der Waals surface area (Å²) in [6.45, 7) is -0.457. The number of nitrogens with zero attached hydrogens (tertiary/aromatic N) is 3. The van der Waals surface area contributed by atoms with E-state index in [1.807, 2.05) is 0 Å². The van der Waals surface area contributed by atoms with Crippen LogP contribution in [0.15, 0.2) is 54.7 Å². The van der Waals surface area contributed by atoms with Crippen molar-refractivity contribution in [2.75, 3.05) is 34.0 Å². The van der Waals surface area contributed by atoms with Crippen molar-refractivity contribution in [1.29, 1.82) is 0 Å². The first-order valence-corrected chi connectivity index (χ1v) is 12.0. The summed E-state index contributed by atoms with van der Waals surface area (Å²) >= 11 is 5.98. The third-order valence-corrected chi connectivity index (χ3v) is 6.10. The molecule has 0 spiro atoms. The predicted molar refractivity (Wildman–Crippen MR) is 138 cm³/mol. The lowest BCUT2D eigenvalue weighted by Gasteiger charge is -2.26. The summed E-state index contributed by atoms with van der Waals surface area (Å²) in [5.74, 6) is -0.117. The van der Waals surface area contributed by atoms with Gasteiger partial charge in [-0.25, -0.2) is 9.37 Å². The van der Waals surface area contributed by atoms with E-state index in [0.717, 1.165) is 0 Å². The number of H-pyrrole nitrogens is 1. The second-order valence-electron chi connectivity index (χ2n) is 8.21. The average molecular weight is 558 g/mol. The Morgan fingerprint density at radius 2 is 1.85 bits per heavy atom. The molecule has 0 aliphatic heterocycles. The van der Waals surface area contributed by atoms with E-state index in [9.17, 15) is 14.3 Å². The maximum Gasteiger partial charge on any atom is 0.251 e. The lowest BCUT2D eigenvalue weighted by molar-refractivity contribution is 0.0635. The summed E-state index contributed by atoms with van der Waals surface area (Å²) in [6.07, 6.45) is 1.31. The summed E-state index contributed by atoms with van der Waals surface area (Å²) in [7, 11) is 2.87. The Hall–Kier alpha value is -4.26. The van der Waals surface area contributed by atoms with Crippen molar-refractivity contribution in [2.24, 2.45) is 0 Å². The number of rotatable bonds is 11. The molecule has 1 unspecified atom stereocenters. The molecule has 4 aromatic rings. The number of ether oxygens (including phenoxy) is 3. The standard InChI is InChI=1S/C26H25ClFN5O6/c1-37-20-7-8-22(31-24(20)15-3-5-18(28)17(27)11-15)26(36,23-13-30-33-32-23)14-29-25(35)16-4-6-19(39-10-9-34)21(12-16)38-2/h3-8,11-13,34,36H,9-10,14H2,1-2H3,(H,29,35)(H,30,32,33). The van der Waals surface area contributed by atoms with E-state index in [-0.39, 0.29) is 47.4 Å². The number of methoxy groups -OCH3 is 2. The highest BCUT2D eigenvalue weighted by Gasteiger charge is 2.37. The Kier molecular flexibility index (Phi) is 8.59. The second kappa shape index (κ2) is 12.1. The molecule has 0 radical (unpaired) electrons. The van der Waals surface area contributed by atoms with Gasteiger partial charge in [-0.3, -0.25) is 4.79 Å². The highest BCUT2D eigenvalue weighted by Crippen LogP contribution is 2.35. The zero-order chi connectivity index (χ0) is 28.0. The molecule has 39 heavy (non-hydrogen) atoms. The van der Waals surface area contributed by atoms with E-state index in [0.29, 0.717) is 22.8 Å². The number of pyridine rings is 1. The van der Waals surface area contributed by atoms with E-state index in [1.54, 1.807) is 12.1 Å². The van der Waals surface area contributed by atoms with Gasteiger partial charge in [0, 0.05) is 11.1 Å². The van der Waals surface area contributed by atoms with Crippen LogP contribution in [0.25, 0.3) is 11.3 Å². The van der Waals surface area contributed by atoms with Gasteiger partial charge in [0.25, 0.3) is 5.91 Å². The van der Waals surface area contributed by atoms with Gasteiger partial charge in [0.2, 0.25) is 0 Å². The monoisotopic (exact) mass is 557 g/mol. The Morgan fingerprint density at radius 3 is 2.51 bits per heavy atom. The average Bonchev–Trinajstić information content (AvgIpc) is 3.51. The fraction of sp³-hybridized carbons (Fsp3) is 0.231. The van der Waals surface area contributed by atoms with Crippen LogP contribution in [0.2, 0.25) is 5.02 Å². The van der Waals surface area contributed by atoms with Crippen LogP contribution in [0.4, 0.5) is 4.39 Å². The maximum absolute atomic E-state index is 13.8. The number of hydrogen-bond acceptors (Lipinski definition) is 9. The maximum atomic E-state index is 13.8. The number of nitrogens with one attached hydrogen (secondary N) is 2. The normalized spacial score (nSPS) is 12.5. The minimum atomic E-state index is -1.93. The van der Waals surface area contributed by atoms with Crippen molar-refractivity contribution in [2.45, 2.75) is 5.60 Å². The highest BCUT2D eigenvalue weighted by molar-refractivity contribution is 6.31. The van der Waals surface area contributed by atoms with E-state index >= 15 is 0 Å². The molecule has 0 saturated carbocycles. The molecule has 0 aliphatic carbocycles. The molecule has 0 aliphatic rings. The van der Waals surface area contributed by atoms with Crippen LogP contribution in [-0.2, 0) is 5.60 Å². The third kappa shape index (κ3) is 5.93. The van der Waals surface area contributed by atoms with Gasteiger partial charge in [-0.1, -0.05) is 11.6 Å². The quantitative estimate of drug-likeness (QED) is 0.218. The van der Waals surface area contributed by atoms with Gasteiger partial charge < -0.3 is 29.7 Å². The Morgan fingerprint density at radius 1 is 1.08 bits per heavy atom. The van der Waals surface area contributed by atoms with Crippen LogP contribution < -0.4 is 19.5 Å². The molecule has 0 saturated heterocycles. The first-order valence-electron chi connectivity index (χ1n) is 11.6. The number of halogens is 2. The predicted octanol–water partition coefficient (Wildman–Crippen LogP) is 2.71. The van der Waals surface area contributed by atoms with E-state index in [1.165, 1.54) is 56.8 Å². The zero-order valence-electron chi connectivity index (χ0n) is 20.9. The topological polar surface area (TPSA) is 152 Å². The molecular formula is C26H25ClFN5O6. The number of aromatic amines is 1. The van der Waals surface area contributed by atoms with Gasteiger partial charge in [0.1, 0.15) is 29.6 Å². The Labute approximate surface area is 227 Å². The molecule has 204 valence electrons. The van der Waals surface area contributed by atoms with E-state index < -0.39 is 17.3 Å². The summed E-state index contributed by atoms with van der Waals surface area (Å²) in [5.41, 5.74) is -0.764. The molecule has 4 N–H and O–H groups in total. The summed E-state index contributed by atoms with van der Waals surface area (Å²) in [6, 6.07) is 11.7. The van der Waals surface area contributed by atoms with Crippen molar-refractivity contribution in [3.63, 3.8) is 0 Å². The fourth-order valence-corrected chi connectivity index (χ4v) is 3.98. The van der Waals surface area contributed by atoms with Gasteiger partial charge in [-0.2, -0.15) is 15.4 Å². The van der Waals surface area contributed by atoms with Gasteiger partial charge in [-0.15, -0.1) is 0 Å². The first kappa shape index (κ1) is 27.8. The largest absolute Gasteiger partial charge is 0.494 e. The number of carbonyl (C=O) groups is 1. The molecule has 13 heteroatoms. The molecule has 0 fully saturated rings. The summed E-state index contributed by atoms with van der Waals surface area (Å²) in [4.78, 5) is 17.6. The van der Waals surface area contributed by atoms with Crippen LogP contribution in [0, 0.1) is 5.82 Å². The van der Waals surface area contributed by atoms with Crippen molar-refractivity contribution in [1.82, 2.24) is 25.7 Å². The molecule has 0 bridgehead atoms. The zero-order valence-corrected chi connectivity index (χ0v) is 21.7. The molecule has 2 heterocycles. The number of aliphatic hydroxyl groups is 2. The molecule has 4 rings (SSSR count). The number of aromatic nitrogens is 4. The van der Waals surface area contributed by atoms with Crippen LogP contribution >= 0.6 is 11.6 Å². The molecule has 2 aromatic heterocycles. The smallest absolute Gasteiger partial charge is 0.251 e. The van der Waals surface area contributed by atoms with Crippen molar-refractivity contribution in [3.05, 3.63) is 82.5 Å². The molecule has 2 aromatic carbocycles. The number of hydrogen-bond donors (Lipinski definition) is 4. The Bertz CT molecular complexity index is 1460. The molecule has 1 atom stereocenters. The lowest BCUT2D eigenvalue weighted by atomic mass is 9.94. The minimum Gasteiger partial charge on any atom is -0.494 e. The van der Waals surface area contributed by atoms with Crippen molar-refractivity contribution >= 4 is 17.5 Å². The number of benzene rings is 2. The molecular weight excluding hydrogens is 533 g/mol. The third-order valence-electron chi connectivity index (χ3n) is 5.81. The van der Waals surface area contributed by atoms with Gasteiger partial charge in [0.05, 0.1) is 44.3 Å². The van der Waals surface area contributed by atoms with Crippen LogP contribution in [0.3, 0.4) is 0 Å². The van der Waals surface area contributed by atoms with E-state index in [4.69, 9.17) is 30.9 Å². The molecule has 1 amide bonds. The SMILES string of the molecule is COc1cc(C(=O)NCC(O)(c2cn[nH]n2)c2ccc(OC)c(-c3ccc(F)c(Cl)c3)n2)ccc1OCCO. The summed E-state index contributed by atoms with van der Waals surface area (Å²) in [5, 5.41) is 33.6. The highest BCUT2D eigenvalue weighted by atomic mass is 35.5. The molecule has 11 nitrogen and oxygen atoms in total. The van der Waals surface area contributed by atoms with Crippen LogP contribution in [-0.4, -0.2) is 70.5 Å². The fourth-order valence-electron chi connectivity index (χ4n) is 3.80.